The zero-order valence-corrected chi connectivity index (χ0v) is 16.5. The number of nitrogens with one attached hydrogen (secondary N) is 2. The van der Waals surface area contributed by atoms with Crippen molar-refractivity contribution in [1.82, 2.24) is 25.3 Å². The maximum absolute atomic E-state index is 12.3. The number of carbonyl (C=O) groups excluding carboxylic acids is 1. The van der Waals surface area contributed by atoms with Gasteiger partial charge in [0.1, 0.15) is 0 Å². The van der Waals surface area contributed by atoms with Gasteiger partial charge in [0.25, 0.3) is 5.91 Å². The molecule has 0 radical (unpaired) electrons. The van der Waals surface area contributed by atoms with Crippen molar-refractivity contribution < 1.29 is 4.79 Å². The Balaban J connectivity index is 1.76. The van der Waals surface area contributed by atoms with E-state index in [0.717, 1.165) is 49.7 Å². The fourth-order valence-corrected chi connectivity index (χ4v) is 2.75. The van der Waals surface area contributed by atoms with Crippen molar-refractivity contribution in [2.45, 2.75) is 33.4 Å². The quantitative estimate of drug-likeness (QED) is 0.403. The van der Waals surface area contributed by atoms with Gasteiger partial charge in [-0.1, -0.05) is 12.1 Å². The van der Waals surface area contributed by atoms with E-state index in [1.807, 2.05) is 60.0 Å². The molecule has 0 unspecified atom stereocenters. The third-order valence-corrected chi connectivity index (χ3v) is 4.35. The number of aryl methyl sites for hydroxylation is 1. The van der Waals surface area contributed by atoms with Gasteiger partial charge >= 0.3 is 0 Å². The highest BCUT2D eigenvalue weighted by Crippen LogP contribution is 2.08. The Kier molecular flexibility index (Phi) is 8.35. The van der Waals surface area contributed by atoms with Gasteiger partial charge < -0.3 is 15.5 Å². The zero-order valence-electron chi connectivity index (χ0n) is 16.5. The standard InChI is InChI=1S/C20H30N6O/c1-4-25(5-2)19(27)18-10-8-17(9-11-18)16-23-20(21-3)22-12-6-14-26-15-7-13-24-26/h7-11,13,15H,4-6,12,14,16H2,1-3H3,(H2,21,22,23). The smallest absolute Gasteiger partial charge is 0.253 e. The highest BCUT2D eigenvalue weighted by Gasteiger charge is 2.11. The van der Waals surface area contributed by atoms with E-state index in [4.69, 9.17) is 0 Å². The van der Waals surface area contributed by atoms with Crippen molar-refractivity contribution >= 4 is 11.9 Å². The van der Waals surface area contributed by atoms with Crippen LogP contribution in [0.25, 0.3) is 0 Å². The molecule has 2 aromatic rings. The lowest BCUT2D eigenvalue weighted by Gasteiger charge is -2.18. The molecule has 0 aliphatic heterocycles. The molecule has 27 heavy (non-hydrogen) atoms. The summed E-state index contributed by atoms with van der Waals surface area (Å²) in [6.07, 6.45) is 4.71. The van der Waals surface area contributed by atoms with Crippen LogP contribution < -0.4 is 10.6 Å². The highest BCUT2D eigenvalue weighted by atomic mass is 16.2. The number of hydrogen-bond donors (Lipinski definition) is 2. The Morgan fingerprint density at radius 3 is 2.52 bits per heavy atom. The summed E-state index contributed by atoms with van der Waals surface area (Å²) in [4.78, 5) is 18.4. The first-order valence-electron chi connectivity index (χ1n) is 9.48. The van der Waals surface area contributed by atoms with Crippen molar-refractivity contribution in [2.75, 3.05) is 26.7 Å². The lowest BCUT2D eigenvalue weighted by Crippen LogP contribution is -2.37. The van der Waals surface area contributed by atoms with Crippen LogP contribution >= 0.6 is 0 Å². The molecule has 1 aromatic heterocycles. The Morgan fingerprint density at radius 1 is 1.19 bits per heavy atom. The second-order valence-corrected chi connectivity index (χ2v) is 6.15. The van der Waals surface area contributed by atoms with Gasteiger partial charge in [-0.05, 0) is 44.0 Å². The van der Waals surface area contributed by atoms with E-state index in [1.54, 1.807) is 13.2 Å². The fourth-order valence-electron chi connectivity index (χ4n) is 2.75. The molecule has 0 aliphatic carbocycles. The third-order valence-electron chi connectivity index (χ3n) is 4.35. The number of aromatic nitrogens is 2. The molecule has 1 amide bonds. The molecule has 2 N–H and O–H groups in total. The van der Waals surface area contributed by atoms with Gasteiger partial charge in [0.05, 0.1) is 0 Å². The molecule has 0 fully saturated rings. The van der Waals surface area contributed by atoms with Crippen LogP contribution in [0.1, 0.15) is 36.2 Å². The summed E-state index contributed by atoms with van der Waals surface area (Å²) in [6, 6.07) is 9.66. The normalized spacial score (nSPS) is 11.3. The molecular weight excluding hydrogens is 340 g/mol. The fraction of sp³-hybridized carbons (Fsp3) is 0.450. The summed E-state index contributed by atoms with van der Waals surface area (Å²) in [6.45, 7) is 7.78. The summed E-state index contributed by atoms with van der Waals surface area (Å²) < 4.78 is 1.92. The summed E-state index contributed by atoms with van der Waals surface area (Å²) in [7, 11) is 1.76. The van der Waals surface area contributed by atoms with E-state index in [1.165, 1.54) is 0 Å². The number of aliphatic imine (C=N–C) groups is 1. The largest absolute Gasteiger partial charge is 0.356 e. The van der Waals surface area contributed by atoms with E-state index in [-0.39, 0.29) is 5.91 Å². The monoisotopic (exact) mass is 370 g/mol. The van der Waals surface area contributed by atoms with Crippen LogP contribution in [0.5, 0.6) is 0 Å². The molecule has 1 heterocycles. The molecule has 1 aromatic carbocycles. The topological polar surface area (TPSA) is 74.6 Å². The maximum Gasteiger partial charge on any atom is 0.253 e. The zero-order chi connectivity index (χ0) is 19.5. The van der Waals surface area contributed by atoms with Gasteiger partial charge in [0.15, 0.2) is 5.96 Å². The first-order chi connectivity index (χ1) is 13.2. The predicted octanol–water partition coefficient (Wildman–Crippen LogP) is 2.12. The Morgan fingerprint density at radius 2 is 1.93 bits per heavy atom. The van der Waals surface area contributed by atoms with Gasteiger partial charge in [-0.3, -0.25) is 14.5 Å². The number of rotatable bonds is 9. The van der Waals surface area contributed by atoms with Gasteiger partial charge in [-0.15, -0.1) is 0 Å². The van der Waals surface area contributed by atoms with Crippen LogP contribution in [-0.2, 0) is 13.1 Å². The van der Waals surface area contributed by atoms with Crippen LogP contribution in [-0.4, -0.2) is 53.2 Å². The van der Waals surface area contributed by atoms with Crippen LogP contribution in [0, 0.1) is 0 Å². The van der Waals surface area contributed by atoms with Crippen LogP contribution in [0.4, 0.5) is 0 Å². The molecule has 0 bridgehead atoms. The average Bonchev–Trinajstić information content (AvgIpc) is 3.22. The Bertz CT molecular complexity index is 705. The molecule has 0 saturated heterocycles. The molecule has 0 atom stereocenters. The van der Waals surface area contributed by atoms with Crippen LogP contribution in [0.2, 0.25) is 0 Å². The lowest BCUT2D eigenvalue weighted by molar-refractivity contribution is 0.0773. The maximum atomic E-state index is 12.3. The number of hydrogen-bond acceptors (Lipinski definition) is 3. The van der Waals surface area contributed by atoms with Crippen molar-refractivity contribution in [3.8, 4) is 0 Å². The van der Waals surface area contributed by atoms with Gasteiger partial charge in [-0.25, -0.2) is 0 Å². The molecule has 7 nitrogen and oxygen atoms in total. The average molecular weight is 371 g/mol. The summed E-state index contributed by atoms with van der Waals surface area (Å²) >= 11 is 0. The van der Waals surface area contributed by atoms with E-state index >= 15 is 0 Å². The number of benzene rings is 1. The second kappa shape index (κ2) is 11.0. The minimum Gasteiger partial charge on any atom is -0.356 e. The minimum atomic E-state index is 0.0779. The van der Waals surface area contributed by atoms with Crippen molar-refractivity contribution in [3.05, 3.63) is 53.9 Å². The number of carbonyl (C=O) groups is 1. The van der Waals surface area contributed by atoms with Crippen molar-refractivity contribution in [2.24, 2.45) is 4.99 Å². The van der Waals surface area contributed by atoms with E-state index in [0.29, 0.717) is 6.54 Å². The molecule has 146 valence electrons. The molecular formula is C20H30N6O. The molecule has 0 aliphatic rings. The number of guanidine groups is 1. The van der Waals surface area contributed by atoms with Gasteiger partial charge in [0, 0.05) is 57.7 Å². The second-order valence-electron chi connectivity index (χ2n) is 6.15. The molecule has 0 spiro atoms. The summed E-state index contributed by atoms with van der Waals surface area (Å²) in [5.41, 5.74) is 1.83. The van der Waals surface area contributed by atoms with Gasteiger partial charge in [0.2, 0.25) is 0 Å². The summed E-state index contributed by atoms with van der Waals surface area (Å²) in [5.74, 6) is 0.841. The van der Waals surface area contributed by atoms with Crippen LogP contribution in [0.15, 0.2) is 47.7 Å². The van der Waals surface area contributed by atoms with Crippen LogP contribution in [0.3, 0.4) is 0 Å². The number of nitrogens with zero attached hydrogens (tertiary/aromatic N) is 4. The Hall–Kier alpha value is -2.83. The SMILES string of the molecule is CCN(CC)C(=O)c1ccc(CNC(=NC)NCCCn2cccn2)cc1. The van der Waals surface area contributed by atoms with E-state index in [2.05, 4.69) is 20.7 Å². The summed E-state index contributed by atoms with van der Waals surface area (Å²) in [5, 5.41) is 10.8. The van der Waals surface area contributed by atoms with Gasteiger partial charge in [-0.2, -0.15) is 5.10 Å². The van der Waals surface area contributed by atoms with Crippen molar-refractivity contribution in [3.63, 3.8) is 0 Å². The molecule has 7 heteroatoms. The lowest BCUT2D eigenvalue weighted by atomic mass is 10.1. The Labute approximate surface area is 161 Å². The van der Waals surface area contributed by atoms with E-state index < -0.39 is 0 Å². The molecule has 0 saturated carbocycles. The first kappa shape index (κ1) is 20.5. The minimum absolute atomic E-state index is 0.0779. The number of amides is 1. The van der Waals surface area contributed by atoms with E-state index in [9.17, 15) is 4.79 Å². The first-order valence-corrected chi connectivity index (χ1v) is 9.48. The predicted molar refractivity (Wildman–Crippen MR) is 109 cm³/mol. The highest BCUT2D eigenvalue weighted by molar-refractivity contribution is 5.94. The third kappa shape index (κ3) is 6.44. The molecule has 2 rings (SSSR count). The van der Waals surface area contributed by atoms with Crippen molar-refractivity contribution in [1.29, 1.82) is 0 Å².